The Hall–Kier alpha value is -1.08. The summed E-state index contributed by atoms with van der Waals surface area (Å²) in [4.78, 5) is 0. The molecule has 0 fully saturated rings. The minimum absolute atomic E-state index is 0.798. The van der Waals surface area contributed by atoms with Crippen molar-refractivity contribution in [2.75, 3.05) is 13.7 Å². The first-order valence-corrected chi connectivity index (χ1v) is 7.11. The molecule has 0 heterocycles. The van der Waals surface area contributed by atoms with E-state index >= 15 is 0 Å². The maximum atomic E-state index is 5.01. The fraction of sp³-hybridized carbons (Fsp3) is 0.529. The Bertz CT molecular complexity index is 324. The van der Waals surface area contributed by atoms with Crippen molar-refractivity contribution in [1.82, 2.24) is 0 Å². The minimum Gasteiger partial charge on any atom is -0.384 e. The number of hydrogen-bond acceptors (Lipinski definition) is 1. The number of ether oxygens (including phenoxy) is 1. The van der Waals surface area contributed by atoms with Gasteiger partial charge in [-0.2, -0.15) is 0 Å². The lowest BCUT2D eigenvalue weighted by molar-refractivity contribution is 0.204. The van der Waals surface area contributed by atoms with Gasteiger partial charge >= 0.3 is 0 Å². The summed E-state index contributed by atoms with van der Waals surface area (Å²) in [5, 5.41) is 0. The molecule has 0 bridgehead atoms. The van der Waals surface area contributed by atoms with Crippen LogP contribution in [0, 0.1) is 0 Å². The third kappa shape index (κ3) is 6.61. The van der Waals surface area contributed by atoms with E-state index in [-0.39, 0.29) is 0 Å². The third-order valence-corrected chi connectivity index (χ3v) is 3.10. The zero-order chi connectivity index (χ0) is 13.1. The van der Waals surface area contributed by atoms with Crippen molar-refractivity contribution in [3.63, 3.8) is 0 Å². The molecule has 18 heavy (non-hydrogen) atoms. The van der Waals surface area contributed by atoms with Crippen LogP contribution in [-0.4, -0.2) is 13.7 Å². The van der Waals surface area contributed by atoms with Gasteiger partial charge in [0.25, 0.3) is 0 Å². The first-order chi connectivity index (χ1) is 8.86. The maximum Gasteiger partial charge on any atom is 0.0496 e. The summed E-state index contributed by atoms with van der Waals surface area (Å²) in [7, 11) is 1.74. The zero-order valence-electron chi connectivity index (χ0n) is 11.8. The summed E-state index contributed by atoms with van der Waals surface area (Å²) >= 11 is 0. The Balaban J connectivity index is 2.30. The predicted octanol–water partition coefficient (Wildman–Crippen LogP) is 4.86. The summed E-state index contributed by atoms with van der Waals surface area (Å²) in [6.45, 7) is 3.05. The molecule has 0 unspecified atom stereocenters. The molecule has 1 aromatic rings. The van der Waals surface area contributed by atoms with Gasteiger partial charge in [-0.15, -0.1) is 0 Å². The smallest absolute Gasteiger partial charge is 0.0496 e. The predicted molar refractivity (Wildman–Crippen MR) is 79.8 cm³/mol. The van der Waals surface area contributed by atoms with E-state index in [0.29, 0.717) is 0 Å². The highest BCUT2D eigenvalue weighted by molar-refractivity contribution is 5.49. The molecule has 0 amide bonds. The van der Waals surface area contributed by atoms with E-state index in [4.69, 9.17) is 4.74 Å². The highest BCUT2D eigenvalue weighted by atomic mass is 16.5. The van der Waals surface area contributed by atoms with Gasteiger partial charge in [-0.25, -0.2) is 0 Å². The molecule has 0 saturated carbocycles. The lowest BCUT2D eigenvalue weighted by atomic mass is 10.0. The number of unbranched alkanes of at least 4 members (excludes halogenated alkanes) is 3. The molecular weight excluding hydrogens is 220 g/mol. The van der Waals surface area contributed by atoms with Crippen LogP contribution in [0.2, 0.25) is 0 Å². The molecule has 1 rings (SSSR count). The second-order valence-electron chi connectivity index (χ2n) is 4.74. The van der Waals surface area contributed by atoms with E-state index in [1.165, 1.54) is 43.2 Å². The summed E-state index contributed by atoms with van der Waals surface area (Å²) in [5.74, 6) is 0. The maximum absolute atomic E-state index is 5.01. The molecule has 0 N–H and O–H groups in total. The number of methoxy groups -OCH3 is 1. The van der Waals surface area contributed by atoms with Crippen molar-refractivity contribution in [1.29, 1.82) is 0 Å². The normalized spacial score (nSPS) is 11.2. The Kier molecular flexibility index (Phi) is 8.24. The Morgan fingerprint density at radius 3 is 2.50 bits per heavy atom. The Morgan fingerprint density at radius 2 is 1.83 bits per heavy atom. The van der Waals surface area contributed by atoms with Crippen molar-refractivity contribution in [3.05, 3.63) is 41.5 Å². The van der Waals surface area contributed by atoms with E-state index in [2.05, 4.69) is 43.3 Å². The van der Waals surface area contributed by atoms with Crippen molar-refractivity contribution in [3.8, 4) is 0 Å². The lowest BCUT2D eigenvalue weighted by Gasteiger charge is -2.02. The lowest BCUT2D eigenvalue weighted by Crippen LogP contribution is -1.86. The van der Waals surface area contributed by atoms with Crippen LogP contribution in [0.4, 0.5) is 0 Å². The topological polar surface area (TPSA) is 9.23 Å². The fourth-order valence-corrected chi connectivity index (χ4v) is 1.96. The molecule has 100 valence electrons. The van der Waals surface area contributed by atoms with E-state index in [9.17, 15) is 0 Å². The van der Waals surface area contributed by atoms with E-state index in [0.717, 1.165) is 13.0 Å². The molecule has 0 radical (unpaired) electrons. The van der Waals surface area contributed by atoms with Gasteiger partial charge in [-0.3, -0.25) is 0 Å². The van der Waals surface area contributed by atoms with Crippen molar-refractivity contribution >= 4 is 6.08 Å². The van der Waals surface area contributed by atoms with Gasteiger partial charge in [0, 0.05) is 13.7 Å². The number of benzene rings is 1. The fourth-order valence-electron chi connectivity index (χ4n) is 1.96. The molecule has 0 saturated heterocycles. The van der Waals surface area contributed by atoms with Crippen LogP contribution in [0.25, 0.3) is 6.08 Å². The van der Waals surface area contributed by atoms with Crippen LogP contribution < -0.4 is 0 Å². The molecule has 0 aliphatic rings. The minimum atomic E-state index is 0.798. The summed E-state index contributed by atoms with van der Waals surface area (Å²) < 4.78 is 5.01. The van der Waals surface area contributed by atoms with Gasteiger partial charge < -0.3 is 4.74 Å². The van der Waals surface area contributed by atoms with Gasteiger partial charge in [0.1, 0.15) is 0 Å². The Labute approximate surface area is 112 Å². The van der Waals surface area contributed by atoms with Gasteiger partial charge in [0.15, 0.2) is 0 Å². The summed E-state index contributed by atoms with van der Waals surface area (Å²) in [5.41, 5.74) is 2.74. The van der Waals surface area contributed by atoms with Gasteiger partial charge in [-0.05, 0) is 30.4 Å². The zero-order valence-corrected chi connectivity index (χ0v) is 11.8. The van der Waals surface area contributed by atoms with Gasteiger partial charge in [0.2, 0.25) is 0 Å². The standard InChI is InChI=1S/C17H26O/c1-3-4-5-6-9-16-11-13-17(14-12-16)10-7-8-15-18-2/h7,10-14H,3-6,8-9,15H2,1-2H3. The van der Waals surface area contributed by atoms with Crippen LogP contribution in [0.15, 0.2) is 30.3 Å². The van der Waals surface area contributed by atoms with Crippen LogP contribution in [0.5, 0.6) is 0 Å². The Morgan fingerprint density at radius 1 is 1.06 bits per heavy atom. The second-order valence-corrected chi connectivity index (χ2v) is 4.74. The van der Waals surface area contributed by atoms with Crippen molar-refractivity contribution in [2.45, 2.75) is 45.4 Å². The SMILES string of the molecule is CCCCCCc1ccc(C=CCCOC)cc1. The first kappa shape index (κ1) is 15.0. The average Bonchev–Trinajstić information content (AvgIpc) is 2.41. The molecule has 1 aromatic carbocycles. The molecule has 0 atom stereocenters. The van der Waals surface area contributed by atoms with E-state index in [1.54, 1.807) is 7.11 Å². The van der Waals surface area contributed by atoms with Crippen LogP contribution >= 0.6 is 0 Å². The van der Waals surface area contributed by atoms with E-state index < -0.39 is 0 Å². The average molecular weight is 246 g/mol. The highest BCUT2D eigenvalue weighted by Gasteiger charge is 1.93. The second kappa shape index (κ2) is 9.90. The molecule has 1 heteroatoms. The highest BCUT2D eigenvalue weighted by Crippen LogP contribution is 2.10. The van der Waals surface area contributed by atoms with Crippen molar-refractivity contribution < 1.29 is 4.74 Å². The molecule has 0 aliphatic carbocycles. The molecule has 0 aliphatic heterocycles. The molecule has 0 spiro atoms. The summed E-state index contributed by atoms with van der Waals surface area (Å²) in [6.07, 6.45) is 11.9. The number of aryl methyl sites for hydroxylation is 1. The largest absolute Gasteiger partial charge is 0.384 e. The van der Waals surface area contributed by atoms with Gasteiger partial charge in [-0.1, -0.05) is 62.6 Å². The first-order valence-electron chi connectivity index (χ1n) is 7.11. The molecule has 1 nitrogen and oxygen atoms in total. The van der Waals surface area contributed by atoms with Crippen LogP contribution in [-0.2, 0) is 11.2 Å². The molecular formula is C17H26O. The molecule has 0 aromatic heterocycles. The monoisotopic (exact) mass is 246 g/mol. The quantitative estimate of drug-likeness (QED) is 0.565. The third-order valence-electron chi connectivity index (χ3n) is 3.10. The van der Waals surface area contributed by atoms with Crippen LogP contribution in [0.3, 0.4) is 0 Å². The van der Waals surface area contributed by atoms with Crippen LogP contribution in [0.1, 0.15) is 50.2 Å². The number of hydrogen-bond donors (Lipinski definition) is 0. The number of rotatable bonds is 9. The summed E-state index contributed by atoms with van der Waals surface area (Å²) in [6, 6.07) is 8.92. The van der Waals surface area contributed by atoms with Crippen molar-refractivity contribution in [2.24, 2.45) is 0 Å². The van der Waals surface area contributed by atoms with Gasteiger partial charge in [0.05, 0.1) is 0 Å². The van der Waals surface area contributed by atoms with E-state index in [1.807, 2.05) is 0 Å².